The fraction of sp³-hybridized carbons (Fsp3) is 0.333. The zero-order valence-corrected chi connectivity index (χ0v) is 17.3. The number of nitrogens with zero attached hydrogens (tertiary/aromatic N) is 1. The van der Waals surface area contributed by atoms with Crippen molar-refractivity contribution >= 4 is 29.3 Å². The second-order valence-electron chi connectivity index (χ2n) is 7.98. The highest BCUT2D eigenvalue weighted by atomic mass is 16.5. The van der Waals surface area contributed by atoms with Crippen molar-refractivity contribution in [3.8, 4) is 0 Å². The monoisotopic (exact) mass is 420 g/mol. The topological polar surface area (TPSA) is 92.8 Å². The average molecular weight is 420 g/mol. The van der Waals surface area contributed by atoms with Crippen LogP contribution in [0.25, 0.3) is 0 Å². The molecule has 0 saturated carbocycles. The minimum absolute atomic E-state index is 0.0396. The van der Waals surface area contributed by atoms with Gasteiger partial charge >= 0.3 is 5.97 Å². The van der Waals surface area contributed by atoms with E-state index in [0.717, 1.165) is 11.1 Å². The molecular formula is C24H24N2O5. The van der Waals surface area contributed by atoms with Gasteiger partial charge in [-0.25, -0.2) is 0 Å². The molecule has 1 saturated heterocycles. The Balaban J connectivity index is 1.33. The van der Waals surface area contributed by atoms with Gasteiger partial charge < -0.3 is 15.0 Å². The van der Waals surface area contributed by atoms with Crippen LogP contribution < -0.4 is 5.32 Å². The van der Waals surface area contributed by atoms with Gasteiger partial charge in [-0.3, -0.25) is 19.2 Å². The fourth-order valence-electron chi connectivity index (χ4n) is 4.07. The summed E-state index contributed by atoms with van der Waals surface area (Å²) in [5.41, 5.74) is 3.04. The molecule has 4 rings (SSSR count). The van der Waals surface area contributed by atoms with Crippen LogP contribution in [0.3, 0.4) is 0 Å². The van der Waals surface area contributed by atoms with Crippen molar-refractivity contribution in [2.24, 2.45) is 5.92 Å². The molecule has 0 unspecified atom stereocenters. The van der Waals surface area contributed by atoms with Crippen molar-refractivity contribution in [2.75, 3.05) is 18.5 Å². The number of ketones is 1. The largest absolute Gasteiger partial charge is 0.457 e. The number of carbonyl (C=O) groups excluding carboxylic acids is 4. The summed E-state index contributed by atoms with van der Waals surface area (Å²) in [6, 6.07) is 14.5. The number of anilines is 1. The van der Waals surface area contributed by atoms with Gasteiger partial charge in [0.2, 0.25) is 11.8 Å². The molecule has 1 fully saturated rings. The molecule has 2 aliphatic rings. The van der Waals surface area contributed by atoms with Crippen LogP contribution in [0, 0.1) is 5.92 Å². The number of nitrogens with one attached hydrogen (secondary N) is 1. The van der Waals surface area contributed by atoms with Gasteiger partial charge in [0.1, 0.15) is 0 Å². The number of rotatable bonds is 6. The first kappa shape index (κ1) is 20.8. The lowest BCUT2D eigenvalue weighted by molar-refractivity contribution is -0.147. The summed E-state index contributed by atoms with van der Waals surface area (Å²) in [6.45, 7) is 1.84. The molecule has 2 atom stereocenters. The van der Waals surface area contributed by atoms with Gasteiger partial charge in [-0.05, 0) is 42.7 Å². The van der Waals surface area contributed by atoms with E-state index < -0.39 is 11.9 Å². The maximum absolute atomic E-state index is 12.5. The van der Waals surface area contributed by atoms with Gasteiger partial charge in [-0.1, -0.05) is 30.3 Å². The van der Waals surface area contributed by atoms with Gasteiger partial charge in [-0.2, -0.15) is 0 Å². The minimum Gasteiger partial charge on any atom is -0.457 e. The van der Waals surface area contributed by atoms with E-state index in [0.29, 0.717) is 24.1 Å². The van der Waals surface area contributed by atoms with Crippen LogP contribution in [0.15, 0.2) is 48.5 Å². The Hall–Kier alpha value is -3.48. The van der Waals surface area contributed by atoms with Crippen molar-refractivity contribution in [2.45, 2.75) is 32.2 Å². The summed E-state index contributed by atoms with van der Waals surface area (Å²) < 4.78 is 5.25. The summed E-state index contributed by atoms with van der Waals surface area (Å²) >= 11 is 0. The predicted molar refractivity (Wildman–Crippen MR) is 113 cm³/mol. The first-order valence-electron chi connectivity index (χ1n) is 10.4. The van der Waals surface area contributed by atoms with Crippen LogP contribution in [-0.4, -0.2) is 41.6 Å². The van der Waals surface area contributed by atoms with E-state index >= 15 is 0 Å². The molecule has 0 radical (unpaired) electrons. The second-order valence-corrected chi connectivity index (χ2v) is 7.98. The van der Waals surface area contributed by atoms with E-state index in [4.69, 9.17) is 4.74 Å². The molecule has 31 heavy (non-hydrogen) atoms. The van der Waals surface area contributed by atoms with Crippen molar-refractivity contribution in [1.29, 1.82) is 0 Å². The molecule has 7 nitrogen and oxygen atoms in total. The Kier molecular flexibility index (Phi) is 5.84. The molecule has 2 amide bonds. The number of ether oxygens (including phenoxy) is 1. The lowest BCUT2D eigenvalue weighted by Gasteiger charge is -2.25. The molecular weight excluding hydrogens is 396 g/mol. The highest BCUT2D eigenvalue weighted by Crippen LogP contribution is 2.29. The Morgan fingerprint density at radius 1 is 1.13 bits per heavy atom. The second kappa shape index (κ2) is 8.71. The molecule has 1 N–H and O–H groups in total. The molecule has 0 aliphatic carbocycles. The number of carbonyl (C=O) groups is 4. The highest BCUT2D eigenvalue weighted by molar-refractivity contribution is 6.00. The SMILES string of the molecule is C[C@H](c1ccccc1)N1C[C@@H](C(=O)OCC(=O)c2ccc3c(c2)CCC(=O)N3)CC1=O. The highest BCUT2D eigenvalue weighted by Gasteiger charge is 2.38. The maximum atomic E-state index is 12.5. The molecule has 0 aromatic heterocycles. The minimum atomic E-state index is -0.579. The van der Waals surface area contributed by atoms with Crippen molar-refractivity contribution in [3.05, 3.63) is 65.2 Å². The number of likely N-dealkylation sites (tertiary alicyclic amines) is 1. The van der Waals surface area contributed by atoms with Gasteiger partial charge in [0.25, 0.3) is 0 Å². The zero-order chi connectivity index (χ0) is 22.0. The van der Waals surface area contributed by atoms with Crippen LogP contribution in [0.4, 0.5) is 5.69 Å². The molecule has 2 aliphatic heterocycles. The number of benzene rings is 2. The van der Waals surface area contributed by atoms with Gasteiger partial charge in [0.05, 0.1) is 12.0 Å². The van der Waals surface area contributed by atoms with Crippen LogP contribution in [0.5, 0.6) is 0 Å². The van der Waals surface area contributed by atoms with E-state index in [1.54, 1.807) is 23.1 Å². The van der Waals surface area contributed by atoms with E-state index in [-0.39, 0.29) is 43.2 Å². The Bertz CT molecular complexity index is 1030. The lowest BCUT2D eigenvalue weighted by atomic mass is 9.99. The molecule has 7 heteroatoms. The normalized spacial score (nSPS) is 18.9. The number of aryl methyl sites for hydroxylation is 1. The Morgan fingerprint density at radius 2 is 1.90 bits per heavy atom. The number of amides is 2. The van der Waals surface area contributed by atoms with Gasteiger partial charge in [-0.15, -0.1) is 0 Å². The van der Waals surface area contributed by atoms with Crippen molar-refractivity contribution < 1.29 is 23.9 Å². The standard InChI is InChI=1S/C24H24N2O5/c1-15(16-5-3-2-4-6-16)26-13-19(12-23(26)29)24(30)31-14-21(27)18-7-9-20-17(11-18)8-10-22(28)25-20/h2-7,9,11,15,19H,8,10,12-14H2,1H3,(H,25,28)/t15-,19+/m1/s1. The summed E-state index contributed by atoms with van der Waals surface area (Å²) in [5.74, 6) is -1.56. The summed E-state index contributed by atoms with van der Waals surface area (Å²) in [5, 5.41) is 2.77. The molecule has 0 bridgehead atoms. The van der Waals surface area contributed by atoms with Crippen molar-refractivity contribution in [1.82, 2.24) is 4.90 Å². The number of Topliss-reactive ketones (excluding diaryl/α,β-unsaturated/α-hetero) is 1. The molecule has 2 heterocycles. The predicted octanol–water partition coefficient (Wildman–Crippen LogP) is 2.91. The van der Waals surface area contributed by atoms with Crippen LogP contribution in [-0.2, 0) is 25.5 Å². The van der Waals surface area contributed by atoms with Gasteiger partial charge in [0, 0.05) is 30.6 Å². The van der Waals surface area contributed by atoms with E-state index in [1.807, 2.05) is 37.3 Å². The zero-order valence-electron chi connectivity index (χ0n) is 17.3. The summed E-state index contributed by atoms with van der Waals surface area (Å²) in [7, 11) is 0. The molecule has 2 aromatic rings. The third-order valence-electron chi connectivity index (χ3n) is 5.91. The van der Waals surface area contributed by atoms with Crippen LogP contribution in [0.2, 0.25) is 0 Å². The van der Waals surface area contributed by atoms with E-state index in [2.05, 4.69) is 5.32 Å². The van der Waals surface area contributed by atoms with E-state index in [1.165, 1.54) is 0 Å². The number of hydrogen-bond acceptors (Lipinski definition) is 5. The number of esters is 1. The van der Waals surface area contributed by atoms with Crippen molar-refractivity contribution in [3.63, 3.8) is 0 Å². The Labute approximate surface area is 180 Å². The van der Waals surface area contributed by atoms with E-state index in [9.17, 15) is 19.2 Å². The summed E-state index contributed by atoms with van der Waals surface area (Å²) in [6.07, 6.45) is 1.04. The molecule has 2 aromatic carbocycles. The third kappa shape index (κ3) is 4.50. The number of fused-ring (bicyclic) bond motifs is 1. The molecule has 160 valence electrons. The fourth-order valence-corrected chi connectivity index (χ4v) is 4.07. The number of hydrogen-bond donors (Lipinski definition) is 1. The molecule has 0 spiro atoms. The first-order chi connectivity index (χ1) is 14.9. The van der Waals surface area contributed by atoms with Crippen LogP contribution in [0.1, 0.15) is 47.3 Å². The average Bonchev–Trinajstić information content (AvgIpc) is 3.18. The lowest BCUT2D eigenvalue weighted by Crippen LogP contribution is -2.30. The first-order valence-corrected chi connectivity index (χ1v) is 10.4. The smallest absolute Gasteiger partial charge is 0.311 e. The van der Waals surface area contributed by atoms with Gasteiger partial charge in [0.15, 0.2) is 12.4 Å². The van der Waals surface area contributed by atoms with Crippen LogP contribution >= 0.6 is 0 Å². The third-order valence-corrected chi connectivity index (χ3v) is 5.91. The maximum Gasteiger partial charge on any atom is 0.311 e. The summed E-state index contributed by atoms with van der Waals surface area (Å²) in [4.78, 5) is 50.6. The Morgan fingerprint density at radius 3 is 2.68 bits per heavy atom. The quantitative estimate of drug-likeness (QED) is 0.573.